The van der Waals surface area contributed by atoms with Gasteiger partial charge in [0.25, 0.3) is 0 Å². The van der Waals surface area contributed by atoms with Crippen LogP contribution in [0.2, 0.25) is 0 Å². The molecule has 0 aromatic carbocycles. The van der Waals surface area contributed by atoms with Crippen molar-refractivity contribution in [1.82, 2.24) is 4.90 Å². The van der Waals surface area contributed by atoms with E-state index in [1.807, 2.05) is 4.90 Å². The van der Waals surface area contributed by atoms with Crippen LogP contribution < -0.4 is 0 Å². The standard InChI is InChI=1S/C15H21NO3S/c17-15(11-18-10-13-3-2-7-19-13)16-6-1-4-14-12(9-16)5-8-20-14/h5,8,13H,1-4,6-7,9-11H2. The van der Waals surface area contributed by atoms with Gasteiger partial charge in [0.15, 0.2) is 0 Å². The minimum atomic E-state index is 0.0991. The molecular weight excluding hydrogens is 274 g/mol. The molecule has 1 aromatic heterocycles. The number of carbonyl (C=O) groups is 1. The van der Waals surface area contributed by atoms with Gasteiger partial charge in [0.1, 0.15) is 6.61 Å². The summed E-state index contributed by atoms with van der Waals surface area (Å²) in [5.74, 6) is 0.0991. The van der Waals surface area contributed by atoms with Crippen molar-refractivity contribution in [3.8, 4) is 0 Å². The van der Waals surface area contributed by atoms with Gasteiger partial charge < -0.3 is 14.4 Å². The third-order valence-electron chi connectivity index (χ3n) is 3.94. The monoisotopic (exact) mass is 295 g/mol. The Morgan fingerprint density at radius 1 is 1.50 bits per heavy atom. The first-order valence-corrected chi connectivity index (χ1v) is 8.23. The maximum Gasteiger partial charge on any atom is 0.248 e. The molecule has 0 N–H and O–H groups in total. The van der Waals surface area contributed by atoms with E-state index in [0.717, 1.165) is 45.4 Å². The van der Waals surface area contributed by atoms with Gasteiger partial charge in [-0.05, 0) is 42.7 Å². The summed E-state index contributed by atoms with van der Waals surface area (Å²) in [5.41, 5.74) is 1.31. The Morgan fingerprint density at radius 3 is 3.30 bits per heavy atom. The van der Waals surface area contributed by atoms with Crippen LogP contribution in [0.3, 0.4) is 0 Å². The highest BCUT2D eigenvalue weighted by Gasteiger charge is 2.21. The fourth-order valence-electron chi connectivity index (χ4n) is 2.80. The highest BCUT2D eigenvalue weighted by atomic mass is 32.1. The molecule has 5 heteroatoms. The number of nitrogens with zero attached hydrogens (tertiary/aromatic N) is 1. The lowest BCUT2D eigenvalue weighted by atomic mass is 10.2. The van der Waals surface area contributed by atoms with Crippen LogP contribution in [0.25, 0.3) is 0 Å². The van der Waals surface area contributed by atoms with Gasteiger partial charge in [-0.15, -0.1) is 11.3 Å². The lowest BCUT2D eigenvalue weighted by Gasteiger charge is -2.21. The maximum atomic E-state index is 12.2. The quantitative estimate of drug-likeness (QED) is 0.855. The van der Waals surface area contributed by atoms with Crippen molar-refractivity contribution in [2.75, 3.05) is 26.4 Å². The molecule has 0 aliphatic carbocycles. The number of hydrogen-bond acceptors (Lipinski definition) is 4. The summed E-state index contributed by atoms with van der Waals surface area (Å²) < 4.78 is 11.0. The average Bonchev–Trinajstić information content (AvgIpc) is 3.07. The topological polar surface area (TPSA) is 38.8 Å². The summed E-state index contributed by atoms with van der Waals surface area (Å²) in [5, 5.41) is 2.12. The number of amides is 1. The first-order chi connectivity index (χ1) is 9.83. The molecule has 0 radical (unpaired) electrons. The van der Waals surface area contributed by atoms with E-state index in [4.69, 9.17) is 9.47 Å². The molecule has 2 aliphatic rings. The van der Waals surface area contributed by atoms with Crippen LogP contribution in [0.5, 0.6) is 0 Å². The molecule has 1 amide bonds. The van der Waals surface area contributed by atoms with Crippen molar-refractivity contribution >= 4 is 17.2 Å². The van der Waals surface area contributed by atoms with Gasteiger partial charge >= 0.3 is 0 Å². The Morgan fingerprint density at radius 2 is 2.45 bits per heavy atom. The van der Waals surface area contributed by atoms with E-state index in [1.165, 1.54) is 10.4 Å². The normalized spacial score (nSPS) is 22.6. The van der Waals surface area contributed by atoms with Gasteiger partial charge in [0.05, 0.1) is 12.7 Å². The number of carbonyl (C=O) groups excluding carboxylic acids is 1. The van der Waals surface area contributed by atoms with Gasteiger partial charge in [-0.3, -0.25) is 4.79 Å². The number of thiophene rings is 1. The van der Waals surface area contributed by atoms with Crippen molar-refractivity contribution < 1.29 is 14.3 Å². The van der Waals surface area contributed by atoms with E-state index in [9.17, 15) is 4.79 Å². The van der Waals surface area contributed by atoms with Gasteiger partial charge in [-0.2, -0.15) is 0 Å². The fraction of sp³-hybridized carbons (Fsp3) is 0.667. The van der Waals surface area contributed by atoms with Crippen LogP contribution in [-0.2, 0) is 27.2 Å². The Balaban J connectivity index is 1.47. The molecule has 3 heterocycles. The molecule has 0 spiro atoms. The van der Waals surface area contributed by atoms with E-state index in [2.05, 4.69) is 11.4 Å². The van der Waals surface area contributed by atoms with Gasteiger partial charge in [-0.1, -0.05) is 0 Å². The molecule has 1 atom stereocenters. The minimum Gasteiger partial charge on any atom is -0.376 e. The largest absolute Gasteiger partial charge is 0.376 e. The van der Waals surface area contributed by atoms with Crippen LogP contribution in [0.4, 0.5) is 0 Å². The molecule has 4 nitrogen and oxygen atoms in total. The maximum absolute atomic E-state index is 12.2. The highest BCUT2D eigenvalue weighted by Crippen LogP contribution is 2.23. The molecular formula is C15H21NO3S. The van der Waals surface area contributed by atoms with Gasteiger partial charge in [0, 0.05) is 24.6 Å². The van der Waals surface area contributed by atoms with Crippen LogP contribution in [0, 0.1) is 0 Å². The fourth-order valence-corrected chi connectivity index (χ4v) is 3.74. The van der Waals surface area contributed by atoms with Crippen LogP contribution in [0.15, 0.2) is 11.4 Å². The van der Waals surface area contributed by atoms with E-state index in [0.29, 0.717) is 6.61 Å². The predicted octanol–water partition coefficient (Wildman–Crippen LogP) is 2.22. The summed E-state index contributed by atoms with van der Waals surface area (Å²) in [4.78, 5) is 15.6. The molecule has 2 aliphatic heterocycles. The second kappa shape index (κ2) is 6.70. The first-order valence-electron chi connectivity index (χ1n) is 7.35. The van der Waals surface area contributed by atoms with E-state index < -0.39 is 0 Å². The Hall–Kier alpha value is -0.910. The number of fused-ring (bicyclic) bond motifs is 1. The third kappa shape index (κ3) is 3.40. The zero-order valence-electron chi connectivity index (χ0n) is 11.7. The zero-order chi connectivity index (χ0) is 13.8. The van der Waals surface area contributed by atoms with Crippen molar-refractivity contribution in [3.63, 3.8) is 0 Å². The van der Waals surface area contributed by atoms with Crippen LogP contribution in [0.1, 0.15) is 29.7 Å². The molecule has 110 valence electrons. The zero-order valence-corrected chi connectivity index (χ0v) is 12.5. The SMILES string of the molecule is O=C(COCC1CCCO1)N1CCCc2sccc2C1. The molecule has 1 saturated heterocycles. The number of aryl methyl sites for hydroxylation is 1. The predicted molar refractivity (Wildman–Crippen MR) is 77.9 cm³/mol. The molecule has 0 bridgehead atoms. The molecule has 3 rings (SSSR count). The van der Waals surface area contributed by atoms with Gasteiger partial charge in [-0.25, -0.2) is 0 Å². The smallest absolute Gasteiger partial charge is 0.248 e. The molecule has 1 unspecified atom stereocenters. The average molecular weight is 295 g/mol. The number of ether oxygens (including phenoxy) is 2. The lowest BCUT2D eigenvalue weighted by Crippen LogP contribution is -2.34. The highest BCUT2D eigenvalue weighted by molar-refractivity contribution is 7.10. The summed E-state index contributed by atoms with van der Waals surface area (Å²) >= 11 is 1.80. The summed E-state index contributed by atoms with van der Waals surface area (Å²) in [6.07, 6.45) is 4.49. The van der Waals surface area contributed by atoms with Crippen LogP contribution in [-0.4, -0.2) is 43.3 Å². The molecule has 1 aromatic rings. The Labute approximate surface area is 123 Å². The van der Waals surface area contributed by atoms with Crippen molar-refractivity contribution in [3.05, 3.63) is 21.9 Å². The number of rotatable bonds is 4. The number of hydrogen-bond donors (Lipinski definition) is 0. The Kier molecular flexibility index (Phi) is 4.70. The summed E-state index contributed by atoms with van der Waals surface area (Å²) in [7, 11) is 0. The van der Waals surface area contributed by atoms with Crippen molar-refractivity contribution in [2.45, 2.75) is 38.3 Å². The Bertz CT molecular complexity index is 454. The molecule has 1 fully saturated rings. The van der Waals surface area contributed by atoms with E-state index in [1.54, 1.807) is 11.3 Å². The molecule has 0 saturated carbocycles. The lowest BCUT2D eigenvalue weighted by molar-refractivity contribution is -0.137. The third-order valence-corrected chi connectivity index (χ3v) is 4.96. The summed E-state index contributed by atoms with van der Waals surface area (Å²) in [6, 6.07) is 2.14. The van der Waals surface area contributed by atoms with Crippen molar-refractivity contribution in [2.24, 2.45) is 0 Å². The second-order valence-electron chi connectivity index (χ2n) is 5.44. The van der Waals surface area contributed by atoms with Gasteiger partial charge in [0.2, 0.25) is 5.91 Å². The minimum absolute atomic E-state index is 0.0991. The summed E-state index contributed by atoms with van der Waals surface area (Å²) in [6.45, 7) is 3.13. The van der Waals surface area contributed by atoms with E-state index >= 15 is 0 Å². The van der Waals surface area contributed by atoms with Crippen molar-refractivity contribution in [1.29, 1.82) is 0 Å². The first kappa shape index (κ1) is 14.0. The molecule has 20 heavy (non-hydrogen) atoms. The van der Waals surface area contributed by atoms with E-state index in [-0.39, 0.29) is 18.6 Å². The van der Waals surface area contributed by atoms with Crippen LogP contribution >= 0.6 is 11.3 Å². The second-order valence-corrected chi connectivity index (χ2v) is 6.44.